The Morgan fingerprint density at radius 1 is 1.27 bits per heavy atom. The molecule has 0 spiro atoms. The van der Waals surface area contributed by atoms with Gasteiger partial charge >= 0.3 is 0 Å². The van der Waals surface area contributed by atoms with Crippen LogP contribution in [-0.2, 0) is 9.84 Å². The first-order valence-electron chi connectivity index (χ1n) is 6.91. The van der Waals surface area contributed by atoms with Gasteiger partial charge < -0.3 is 4.74 Å². The van der Waals surface area contributed by atoms with Gasteiger partial charge in [-0.2, -0.15) is 0 Å². The number of nitrogens with zero attached hydrogens (tertiary/aromatic N) is 1. The SMILES string of the molecule is C=CCC(c1c(OC)ccnc1C)S(=O)(=O)c1ccccc1. The van der Waals surface area contributed by atoms with Crippen LogP contribution in [0, 0.1) is 6.92 Å². The summed E-state index contributed by atoms with van der Waals surface area (Å²) in [7, 11) is -2.04. The molecule has 116 valence electrons. The maximum absolute atomic E-state index is 13.0. The van der Waals surface area contributed by atoms with E-state index in [-0.39, 0.29) is 4.90 Å². The third kappa shape index (κ3) is 3.04. The van der Waals surface area contributed by atoms with Gasteiger partial charge in [0.25, 0.3) is 0 Å². The quantitative estimate of drug-likeness (QED) is 0.765. The minimum atomic E-state index is -3.56. The zero-order valence-corrected chi connectivity index (χ0v) is 13.5. The number of benzene rings is 1. The van der Waals surface area contributed by atoms with E-state index in [1.165, 1.54) is 7.11 Å². The number of ether oxygens (including phenoxy) is 1. The number of sulfone groups is 1. The average molecular weight is 317 g/mol. The number of methoxy groups -OCH3 is 1. The number of hydrogen-bond acceptors (Lipinski definition) is 4. The van der Waals surface area contributed by atoms with Crippen LogP contribution in [0.4, 0.5) is 0 Å². The summed E-state index contributed by atoms with van der Waals surface area (Å²) in [6.07, 6.45) is 3.51. The van der Waals surface area contributed by atoms with Crippen molar-refractivity contribution in [1.82, 2.24) is 4.98 Å². The fraction of sp³-hybridized carbons (Fsp3) is 0.235. The summed E-state index contributed by atoms with van der Waals surface area (Å²) >= 11 is 0. The fourth-order valence-corrected chi connectivity index (χ4v) is 4.30. The van der Waals surface area contributed by atoms with E-state index in [1.54, 1.807) is 55.6 Å². The Hall–Kier alpha value is -2.14. The third-order valence-electron chi connectivity index (χ3n) is 3.52. The lowest BCUT2D eigenvalue weighted by atomic mass is 10.1. The Morgan fingerprint density at radius 3 is 2.55 bits per heavy atom. The van der Waals surface area contributed by atoms with E-state index in [2.05, 4.69) is 11.6 Å². The number of hydrogen-bond donors (Lipinski definition) is 0. The predicted octanol–water partition coefficient (Wildman–Crippen LogP) is 3.49. The second-order valence-electron chi connectivity index (χ2n) is 4.88. The standard InChI is InChI=1S/C17H19NO3S/c1-4-8-16(17-13(2)18-12-11-15(17)21-3)22(19,20)14-9-6-5-7-10-14/h4-7,9-12,16H,1,8H2,2-3H3. The lowest BCUT2D eigenvalue weighted by Crippen LogP contribution is -2.16. The van der Waals surface area contributed by atoms with Gasteiger partial charge in [0.2, 0.25) is 0 Å². The molecule has 1 aromatic heterocycles. The molecule has 0 aliphatic rings. The second-order valence-corrected chi connectivity index (χ2v) is 7.01. The third-order valence-corrected chi connectivity index (χ3v) is 5.62. The molecule has 0 bridgehead atoms. The van der Waals surface area contributed by atoms with Crippen molar-refractivity contribution in [3.8, 4) is 5.75 Å². The van der Waals surface area contributed by atoms with E-state index >= 15 is 0 Å². The summed E-state index contributed by atoms with van der Waals surface area (Å²) in [6, 6.07) is 10.1. The van der Waals surface area contributed by atoms with E-state index < -0.39 is 15.1 Å². The monoisotopic (exact) mass is 317 g/mol. The molecule has 5 heteroatoms. The summed E-state index contributed by atoms with van der Waals surface area (Å²) in [5, 5.41) is -0.768. The Labute approximate surface area is 131 Å². The predicted molar refractivity (Wildman–Crippen MR) is 86.7 cm³/mol. The first-order valence-corrected chi connectivity index (χ1v) is 8.46. The van der Waals surface area contributed by atoms with Crippen molar-refractivity contribution in [1.29, 1.82) is 0 Å². The van der Waals surface area contributed by atoms with Crippen molar-refractivity contribution in [2.45, 2.75) is 23.5 Å². The summed E-state index contributed by atoms with van der Waals surface area (Å²) in [4.78, 5) is 4.50. The Balaban J connectivity index is 2.64. The zero-order chi connectivity index (χ0) is 16.2. The highest BCUT2D eigenvalue weighted by Gasteiger charge is 2.32. The van der Waals surface area contributed by atoms with Crippen LogP contribution < -0.4 is 4.74 Å². The van der Waals surface area contributed by atoms with E-state index in [9.17, 15) is 8.42 Å². The van der Waals surface area contributed by atoms with Gasteiger partial charge in [-0.15, -0.1) is 6.58 Å². The van der Waals surface area contributed by atoms with Crippen molar-refractivity contribution in [3.63, 3.8) is 0 Å². The Morgan fingerprint density at radius 2 is 1.95 bits per heavy atom. The van der Waals surface area contributed by atoms with Crippen LogP contribution in [0.1, 0.15) is 22.9 Å². The molecule has 1 atom stereocenters. The topological polar surface area (TPSA) is 56.3 Å². The molecule has 0 saturated carbocycles. The highest BCUT2D eigenvalue weighted by atomic mass is 32.2. The largest absolute Gasteiger partial charge is 0.496 e. The van der Waals surface area contributed by atoms with Gasteiger partial charge in [0.15, 0.2) is 9.84 Å². The number of aryl methyl sites for hydroxylation is 1. The molecule has 0 amide bonds. The van der Waals surface area contributed by atoms with E-state index in [1.807, 2.05) is 0 Å². The molecule has 2 aromatic rings. The summed E-state index contributed by atoms with van der Waals surface area (Å²) in [5.41, 5.74) is 1.24. The highest BCUT2D eigenvalue weighted by Crippen LogP contribution is 2.38. The lowest BCUT2D eigenvalue weighted by molar-refractivity contribution is 0.407. The molecule has 0 N–H and O–H groups in total. The Kier molecular flexibility index (Phi) is 4.98. The zero-order valence-electron chi connectivity index (χ0n) is 12.7. The van der Waals surface area contributed by atoms with Crippen LogP contribution in [0.5, 0.6) is 5.75 Å². The first-order chi connectivity index (χ1) is 10.5. The van der Waals surface area contributed by atoms with Crippen molar-refractivity contribution < 1.29 is 13.2 Å². The van der Waals surface area contributed by atoms with Gasteiger partial charge in [-0.25, -0.2) is 8.42 Å². The minimum Gasteiger partial charge on any atom is -0.496 e. The van der Waals surface area contributed by atoms with Gasteiger partial charge in [0.05, 0.1) is 17.3 Å². The molecule has 0 aliphatic heterocycles. The van der Waals surface area contributed by atoms with Crippen LogP contribution in [0.2, 0.25) is 0 Å². The molecular weight excluding hydrogens is 298 g/mol. The molecule has 0 aliphatic carbocycles. The van der Waals surface area contributed by atoms with Crippen LogP contribution in [0.3, 0.4) is 0 Å². The van der Waals surface area contributed by atoms with Gasteiger partial charge in [0.1, 0.15) is 5.75 Å². The summed E-state index contributed by atoms with van der Waals surface area (Å²) < 4.78 is 31.4. The van der Waals surface area contributed by atoms with Crippen molar-refractivity contribution in [2.75, 3.05) is 7.11 Å². The normalized spacial score (nSPS) is 12.6. The maximum Gasteiger partial charge on any atom is 0.185 e. The number of rotatable bonds is 6. The van der Waals surface area contributed by atoms with Crippen LogP contribution in [0.25, 0.3) is 0 Å². The van der Waals surface area contributed by atoms with E-state index in [4.69, 9.17) is 4.74 Å². The molecule has 1 heterocycles. The highest BCUT2D eigenvalue weighted by molar-refractivity contribution is 7.91. The molecule has 1 aromatic carbocycles. The van der Waals surface area contributed by atoms with Crippen LogP contribution in [-0.4, -0.2) is 20.5 Å². The lowest BCUT2D eigenvalue weighted by Gasteiger charge is -2.20. The van der Waals surface area contributed by atoms with E-state index in [0.717, 1.165) is 0 Å². The van der Waals surface area contributed by atoms with Crippen LogP contribution in [0.15, 0.2) is 60.1 Å². The number of pyridine rings is 1. The van der Waals surface area contributed by atoms with Crippen LogP contribution >= 0.6 is 0 Å². The molecule has 0 fully saturated rings. The fourth-order valence-electron chi connectivity index (χ4n) is 2.45. The summed E-state index contributed by atoms with van der Waals surface area (Å²) in [6.45, 7) is 5.48. The Bertz CT molecular complexity index is 755. The first kappa shape index (κ1) is 16.2. The average Bonchev–Trinajstić information content (AvgIpc) is 2.53. The molecule has 1 unspecified atom stereocenters. The van der Waals surface area contributed by atoms with Gasteiger partial charge in [0, 0.05) is 17.5 Å². The molecule has 0 saturated heterocycles. The molecule has 2 rings (SSSR count). The molecule has 0 radical (unpaired) electrons. The van der Waals surface area contributed by atoms with Crippen molar-refractivity contribution >= 4 is 9.84 Å². The van der Waals surface area contributed by atoms with Gasteiger partial charge in [-0.3, -0.25) is 4.98 Å². The van der Waals surface area contributed by atoms with Gasteiger partial charge in [-0.05, 0) is 31.5 Å². The van der Waals surface area contributed by atoms with Gasteiger partial charge in [-0.1, -0.05) is 24.3 Å². The van der Waals surface area contributed by atoms with E-state index in [0.29, 0.717) is 23.4 Å². The molecule has 4 nitrogen and oxygen atoms in total. The smallest absolute Gasteiger partial charge is 0.185 e. The molecule has 22 heavy (non-hydrogen) atoms. The minimum absolute atomic E-state index is 0.284. The maximum atomic E-state index is 13.0. The second kappa shape index (κ2) is 6.75. The number of allylic oxidation sites excluding steroid dienone is 1. The number of aromatic nitrogens is 1. The summed E-state index contributed by atoms with van der Waals surface area (Å²) in [5.74, 6) is 0.527. The molecular formula is C17H19NO3S. The van der Waals surface area contributed by atoms with Crippen molar-refractivity contribution in [3.05, 3.63) is 66.5 Å². The van der Waals surface area contributed by atoms with Crippen molar-refractivity contribution in [2.24, 2.45) is 0 Å².